The van der Waals surface area contributed by atoms with E-state index < -0.39 is 29.4 Å². The van der Waals surface area contributed by atoms with Crippen molar-refractivity contribution in [2.45, 2.75) is 96.6 Å². The maximum Gasteiger partial charge on any atom is 0.306 e. The van der Waals surface area contributed by atoms with E-state index in [2.05, 4.69) is 24.1 Å². The van der Waals surface area contributed by atoms with Gasteiger partial charge in [-0.05, 0) is 80.6 Å². The molecule has 218 valence electrons. The third-order valence-electron chi connectivity index (χ3n) is 11.0. The molecule has 0 radical (unpaired) electrons. The number of nitrogens with one attached hydrogen (secondary N) is 1. The van der Waals surface area contributed by atoms with Crippen LogP contribution in [0.3, 0.4) is 0 Å². The normalized spacial score (nSPS) is 34.7. The van der Waals surface area contributed by atoms with Gasteiger partial charge >= 0.3 is 5.97 Å². The molecule has 40 heavy (non-hydrogen) atoms. The van der Waals surface area contributed by atoms with E-state index in [1.807, 2.05) is 16.8 Å². The summed E-state index contributed by atoms with van der Waals surface area (Å²) in [5, 5.41) is 14.6. The summed E-state index contributed by atoms with van der Waals surface area (Å²) in [5.74, 6) is 0.0628. The molecule has 0 aliphatic heterocycles. The molecular weight excluding hydrogens is 510 g/mol. The number of ketones is 2. The number of Topliss-reactive ketones (excluding diaryl/α,β-unsaturated/α-hetero) is 1. The van der Waals surface area contributed by atoms with Gasteiger partial charge in [0, 0.05) is 43.7 Å². The summed E-state index contributed by atoms with van der Waals surface area (Å²) in [4.78, 5) is 53.8. The van der Waals surface area contributed by atoms with Gasteiger partial charge in [0.15, 0.2) is 12.4 Å². The molecule has 4 aliphatic carbocycles. The van der Waals surface area contributed by atoms with Crippen molar-refractivity contribution in [1.29, 1.82) is 0 Å². The van der Waals surface area contributed by atoms with E-state index in [9.17, 15) is 24.3 Å². The number of allylic oxidation sites excluding steroid dienone is 1. The van der Waals surface area contributed by atoms with Crippen LogP contribution in [0.5, 0.6) is 0 Å². The first-order valence-corrected chi connectivity index (χ1v) is 14.9. The zero-order valence-corrected chi connectivity index (χ0v) is 23.8. The van der Waals surface area contributed by atoms with Crippen molar-refractivity contribution in [2.24, 2.45) is 28.6 Å². The molecule has 0 aromatic carbocycles. The van der Waals surface area contributed by atoms with Crippen molar-refractivity contribution >= 4 is 23.4 Å². The summed E-state index contributed by atoms with van der Waals surface area (Å²) in [6.07, 6.45) is 14.0. The summed E-state index contributed by atoms with van der Waals surface area (Å²) in [6, 6.07) is 0. The Bertz CT molecular complexity index is 1180. The van der Waals surface area contributed by atoms with E-state index >= 15 is 0 Å². The third kappa shape index (κ3) is 5.17. The molecule has 1 aromatic rings. The maximum atomic E-state index is 13.4. The number of aryl methyl sites for hydroxylation is 1. The molecule has 1 amide bonds. The van der Waals surface area contributed by atoms with Crippen LogP contribution in [0.2, 0.25) is 0 Å². The molecule has 9 heteroatoms. The lowest BCUT2D eigenvalue weighted by molar-refractivity contribution is -0.170. The number of hydrogen-bond acceptors (Lipinski definition) is 7. The molecule has 1 aromatic heterocycles. The van der Waals surface area contributed by atoms with E-state index in [0.29, 0.717) is 31.2 Å². The quantitative estimate of drug-likeness (QED) is 0.335. The van der Waals surface area contributed by atoms with Gasteiger partial charge in [-0.3, -0.25) is 19.2 Å². The highest BCUT2D eigenvalue weighted by atomic mass is 16.5. The summed E-state index contributed by atoms with van der Waals surface area (Å²) in [5.41, 5.74) is -0.746. The molecule has 6 unspecified atom stereocenters. The summed E-state index contributed by atoms with van der Waals surface area (Å²) >= 11 is 0. The molecular formula is C31H43N3O6. The molecule has 2 N–H and O–H groups in total. The largest absolute Gasteiger partial charge is 0.458 e. The van der Waals surface area contributed by atoms with Gasteiger partial charge in [0.05, 0.1) is 12.7 Å². The average molecular weight is 554 g/mol. The van der Waals surface area contributed by atoms with Crippen LogP contribution < -0.4 is 5.32 Å². The number of esters is 1. The highest BCUT2D eigenvalue weighted by molar-refractivity contribution is 5.92. The average Bonchev–Trinajstić information content (AvgIpc) is 3.55. The number of nitrogens with zero attached hydrogens (tertiary/aromatic N) is 2. The smallest absolute Gasteiger partial charge is 0.306 e. The Balaban J connectivity index is 1.10. The number of fused-ring (bicyclic) bond motifs is 5. The van der Waals surface area contributed by atoms with Crippen LogP contribution in [0.15, 0.2) is 30.4 Å². The Labute approximate surface area is 236 Å². The Morgan fingerprint density at radius 3 is 2.67 bits per heavy atom. The molecule has 6 atom stereocenters. The standard InChI is InChI=1S/C31H43N3O6/c1-29-11-8-22(35)18-21(29)4-5-23-24(29)9-12-30(2)25(23)10-13-31(30,39)26(36)19-40-28(38)7-6-27(37)33-14-3-16-34-17-15-32-20-34/h15,17-18,20,23-25,39H,3-14,16,19H2,1-2H3,(H,33,37). The van der Waals surface area contributed by atoms with Crippen molar-refractivity contribution in [3.8, 4) is 0 Å². The van der Waals surface area contributed by atoms with Crippen molar-refractivity contribution in [1.82, 2.24) is 14.9 Å². The fraction of sp³-hybridized carbons (Fsp3) is 0.710. The van der Waals surface area contributed by atoms with Crippen molar-refractivity contribution in [3.05, 3.63) is 30.4 Å². The number of aliphatic hydroxyl groups is 1. The van der Waals surface area contributed by atoms with Gasteiger partial charge in [0.25, 0.3) is 0 Å². The second-order valence-corrected chi connectivity index (χ2v) is 12.9. The number of rotatable bonds is 10. The Hall–Kier alpha value is -2.81. The van der Waals surface area contributed by atoms with Gasteiger partial charge in [-0.25, -0.2) is 4.98 Å². The first-order chi connectivity index (χ1) is 19.1. The SMILES string of the molecule is CC12CCC(=O)C=C1CCC1C2CCC2(C)C1CCC2(O)C(=O)COC(=O)CCC(=O)NCCCn1ccnc1. The molecule has 4 aliphatic rings. The molecule has 0 saturated heterocycles. The van der Waals surface area contributed by atoms with Gasteiger partial charge < -0.3 is 19.7 Å². The number of hydrogen-bond donors (Lipinski definition) is 2. The molecule has 1 heterocycles. The summed E-state index contributed by atoms with van der Waals surface area (Å²) in [7, 11) is 0. The number of carbonyl (C=O) groups excluding carboxylic acids is 4. The van der Waals surface area contributed by atoms with Crippen molar-refractivity contribution in [3.63, 3.8) is 0 Å². The van der Waals surface area contributed by atoms with Gasteiger partial charge in [-0.2, -0.15) is 0 Å². The second-order valence-electron chi connectivity index (χ2n) is 12.9. The van der Waals surface area contributed by atoms with Crippen LogP contribution in [-0.4, -0.2) is 56.9 Å². The van der Waals surface area contributed by atoms with E-state index in [-0.39, 0.29) is 35.9 Å². The predicted octanol–water partition coefficient (Wildman–Crippen LogP) is 3.54. The first-order valence-electron chi connectivity index (χ1n) is 14.9. The predicted molar refractivity (Wildman–Crippen MR) is 147 cm³/mol. The van der Waals surface area contributed by atoms with Crippen LogP contribution >= 0.6 is 0 Å². The molecule has 3 fully saturated rings. The van der Waals surface area contributed by atoms with Gasteiger partial charge in [-0.15, -0.1) is 0 Å². The lowest BCUT2D eigenvalue weighted by Gasteiger charge is -2.58. The molecule has 3 saturated carbocycles. The van der Waals surface area contributed by atoms with E-state index in [0.717, 1.165) is 51.5 Å². The molecule has 0 spiro atoms. The molecule has 0 bridgehead atoms. The van der Waals surface area contributed by atoms with Crippen molar-refractivity contribution < 1.29 is 29.0 Å². The van der Waals surface area contributed by atoms with Gasteiger partial charge in [0.2, 0.25) is 11.7 Å². The fourth-order valence-corrected chi connectivity index (χ4v) is 8.58. The van der Waals surface area contributed by atoms with Crippen LogP contribution in [0, 0.1) is 28.6 Å². The zero-order valence-electron chi connectivity index (χ0n) is 23.8. The molecule has 5 rings (SSSR count). The lowest BCUT2D eigenvalue weighted by Crippen LogP contribution is -2.58. The van der Waals surface area contributed by atoms with Crippen LogP contribution in [0.1, 0.15) is 84.5 Å². The minimum atomic E-state index is -1.52. The summed E-state index contributed by atoms with van der Waals surface area (Å²) < 4.78 is 7.18. The van der Waals surface area contributed by atoms with Gasteiger partial charge in [-0.1, -0.05) is 19.4 Å². The Morgan fingerprint density at radius 2 is 1.90 bits per heavy atom. The minimum absolute atomic E-state index is 0.00791. The van der Waals surface area contributed by atoms with Gasteiger partial charge in [0.1, 0.15) is 5.60 Å². The number of aromatic nitrogens is 2. The van der Waals surface area contributed by atoms with Crippen LogP contribution in [-0.2, 0) is 30.5 Å². The Morgan fingerprint density at radius 1 is 1.10 bits per heavy atom. The monoisotopic (exact) mass is 553 g/mol. The number of imidazole rings is 1. The first kappa shape index (κ1) is 28.7. The highest BCUT2D eigenvalue weighted by Crippen LogP contribution is 2.67. The topological polar surface area (TPSA) is 128 Å². The minimum Gasteiger partial charge on any atom is -0.458 e. The van der Waals surface area contributed by atoms with Crippen LogP contribution in [0.25, 0.3) is 0 Å². The van der Waals surface area contributed by atoms with E-state index in [1.54, 1.807) is 12.5 Å². The van der Waals surface area contributed by atoms with Crippen molar-refractivity contribution in [2.75, 3.05) is 13.2 Å². The van der Waals surface area contributed by atoms with E-state index in [1.165, 1.54) is 5.57 Å². The highest BCUT2D eigenvalue weighted by Gasteiger charge is 2.66. The Kier molecular flexibility index (Phi) is 8.06. The summed E-state index contributed by atoms with van der Waals surface area (Å²) in [6.45, 7) is 5.14. The third-order valence-corrected chi connectivity index (χ3v) is 11.0. The number of amides is 1. The lowest BCUT2D eigenvalue weighted by atomic mass is 9.46. The molecule has 9 nitrogen and oxygen atoms in total. The number of carbonyl (C=O) groups is 4. The van der Waals surface area contributed by atoms with Crippen LogP contribution in [0.4, 0.5) is 0 Å². The number of ether oxygens (including phenoxy) is 1. The zero-order chi connectivity index (χ0) is 28.5. The maximum absolute atomic E-state index is 13.4. The second kappa shape index (κ2) is 11.2. The van der Waals surface area contributed by atoms with E-state index in [4.69, 9.17) is 4.74 Å². The fourth-order valence-electron chi connectivity index (χ4n) is 8.58.